The van der Waals surface area contributed by atoms with E-state index in [9.17, 15) is 4.79 Å². The van der Waals surface area contributed by atoms with Gasteiger partial charge in [-0.25, -0.2) is 4.79 Å². The third-order valence-corrected chi connectivity index (χ3v) is 3.42. The number of H-pyrrole nitrogens is 1. The maximum atomic E-state index is 12.3. The van der Waals surface area contributed by atoms with Crippen molar-refractivity contribution in [2.75, 3.05) is 6.54 Å². The Labute approximate surface area is 114 Å². The predicted octanol–water partition coefficient (Wildman–Crippen LogP) is 2.96. The van der Waals surface area contributed by atoms with Crippen LogP contribution in [0.25, 0.3) is 0 Å². The highest BCUT2D eigenvalue weighted by Gasteiger charge is 2.34. The highest BCUT2D eigenvalue weighted by Crippen LogP contribution is 2.32. The Kier molecular flexibility index (Phi) is 3.56. The van der Waals surface area contributed by atoms with E-state index < -0.39 is 5.60 Å². The number of fused-ring (bicyclic) bond motifs is 1. The fourth-order valence-electron chi connectivity index (χ4n) is 2.55. The van der Waals surface area contributed by atoms with Gasteiger partial charge in [-0.15, -0.1) is 0 Å². The van der Waals surface area contributed by atoms with Gasteiger partial charge in [0, 0.05) is 12.2 Å². The summed E-state index contributed by atoms with van der Waals surface area (Å²) in [6.07, 6.45) is 1.44. The van der Waals surface area contributed by atoms with E-state index in [2.05, 4.69) is 17.1 Å². The zero-order valence-electron chi connectivity index (χ0n) is 12.4. The molecule has 1 amide bonds. The van der Waals surface area contributed by atoms with Gasteiger partial charge in [0.15, 0.2) is 0 Å². The summed E-state index contributed by atoms with van der Waals surface area (Å²) in [5.74, 6) is 0. The van der Waals surface area contributed by atoms with Gasteiger partial charge in [0.1, 0.15) is 5.60 Å². The summed E-state index contributed by atoms with van der Waals surface area (Å²) in [7, 11) is 0. The number of nitrogens with zero attached hydrogens (tertiary/aromatic N) is 2. The first-order valence-electron chi connectivity index (χ1n) is 6.87. The number of ether oxygens (including phenoxy) is 1. The Morgan fingerprint density at radius 2 is 2.21 bits per heavy atom. The molecule has 1 unspecified atom stereocenters. The number of nitrogens with one attached hydrogen (secondary N) is 1. The van der Waals surface area contributed by atoms with Crippen LogP contribution in [0.2, 0.25) is 0 Å². The summed E-state index contributed by atoms with van der Waals surface area (Å²) in [6.45, 7) is 10.5. The first kappa shape index (κ1) is 13.9. The monoisotopic (exact) mass is 265 g/mol. The van der Waals surface area contributed by atoms with Crippen LogP contribution in [0.1, 0.15) is 57.1 Å². The Balaban J connectivity index is 2.22. The lowest BCUT2D eigenvalue weighted by molar-refractivity contribution is 0.0132. The SMILES string of the molecule is CCC1c2n[nH]c(C)c2CCN1C(=O)OC(C)(C)C. The van der Waals surface area contributed by atoms with Crippen LogP contribution in [0, 0.1) is 6.92 Å². The lowest BCUT2D eigenvalue weighted by atomic mass is 9.96. The molecule has 19 heavy (non-hydrogen) atoms. The Bertz CT molecular complexity index is 474. The quantitative estimate of drug-likeness (QED) is 0.849. The number of hydrogen-bond donors (Lipinski definition) is 1. The zero-order valence-corrected chi connectivity index (χ0v) is 12.4. The van der Waals surface area contributed by atoms with Gasteiger partial charge in [-0.05, 0) is 46.1 Å². The van der Waals surface area contributed by atoms with Gasteiger partial charge in [0.2, 0.25) is 0 Å². The van der Waals surface area contributed by atoms with Crippen LogP contribution in [0.15, 0.2) is 0 Å². The summed E-state index contributed by atoms with van der Waals surface area (Å²) in [4.78, 5) is 14.1. The molecule has 2 heterocycles. The standard InChI is InChI=1S/C14H23N3O2/c1-6-11-12-10(9(2)15-16-12)7-8-17(11)13(18)19-14(3,4)5/h11H,6-8H2,1-5H3,(H,15,16). The molecule has 1 aromatic heterocycles. The number of hydrogen-bond acceptors (Lipinski definition) is 3. The minimum atomic E-state index is -0.461. The smallest absolute Gasteiger partial charge is 0.410 e. The van der Waals surface area contributed by atoms with Crippen molar-refractivity contribution in [3.63, 3.8) is 0 Å². The van der Waals surface area contributed by atoms with Crippen LogP contribution in [0.3, 0.4) is 0 Å². The lowest BCUT2D eigenvalue weighted by Gasteiger charge is -2.35. The lowest BCUT2D eigenvalue weighted by Crippen LogP contribution is -2.42. The van der Waals surface area contributed by atoms with E-state index in [1.165, 1.54) is 5.56 Å². The summed E-state index contributed by atoms with van der Waals surface area (Å²) in [5, 5.41) is 7.39. The van der Waals surface area contributed by atoms with Gasteiger partial charge in [-0.1, -0.05) is 6.92 Å². The predicted molar refractivity (Wildman–Crippen MR) is 73.0 cm³/mol. The third kappa shape index (κ3) is 2.74. The van der Waals surface area contributed by atoms with Gasteiger partial charge < -0.3 is 4.74 Å². The molecule has 0 saturated carbocycles. The maximum Gasteiger partial charge on any atom is 0.410 e. The minimum Gasteiger partial charge on any atom is -0.444 e. The van der Waals surface area contributed by atoms with E-state index in [4.69, 9.17) is 4.74 Å². The first-order valence-corrected chi connectivity index (χ1v) is 6.87. The van der Waals surface area contributed by atoms with Crippen LogP contribution in [-0.2, 0) is 11.2 Å². The van der Waals surface area contributed by atoms with Crippen LogP contribution in [0.4, 0.5) is 4.79 Å². The van der Waals surface area contributed by atoms with Crippen LogP contribution in [0.5, 0.6) is 0 Å². The highest BCUT2D eigenvalue weighted by atomic mass is 16.6. The highest BCUT2D eigenvalue weighted by molar-refractivity contribution is 5.69. The van der Waals surface area contributed by atoms with E-state index in [1.54, 1.807) is 4.90 Å². The molecular formula is C14H23N3O2. The van der Waals surface area contributed by atoms with Gasteiger partial charge in [0.05, 0.1) is 11.7 Å². The third-order valence-electron chi connectivity index (χ3n) is 3.42. The fraction of sp³-hybridized carbons (Fsp3) is 0.714. The summed E-state index contributed by atoms with van der Waals surface area (Å²) >= 11 is 0. The molecule has 2 rings (SSSR count). The number of aryl methyl sites for hydroxylation is 1. The summed E-state index contributed by atoms with van der Waals surface area (Å²) < 4.78 is 5.48. The second-order valence-electron chi connectivity index (χ2n) is 6.06. The molecular weight excluding hydrogens is 242 g/mol. The molecule has 0 aliphatic carbocycles. The molecule has 0 radical (unpaired) electrons. The molecule has 1 aromatic rings. The molecule has 1 N–H and O–H groups in total. The maximum absolute atomic E-state index is 12.3. The molecule has 1 aliphatic heterocycles. The second-order valence-corrected chi connectivity index (χ2v) is 6.06. The van der Waals surface area contributed by atoms with Gasteiger partial charge in [-0.3, -0.25) is 10.00 Å². The second kappa shape index (κ2) is 4.87. The van der Waals surface area contributed by atoms with Gasteiger partial charge in [-0.2, -0.15) is 5.10 Å². The normalized spacial score (nSPS) is 19.2. The molecule has 106 valence electrons. The van der Waals surface area contributed by atoms with E-state index in [-0.39, 0.29) is 12.1 Å². The van der Waals surface area contributed by atoms with Gasteiger partial charge in [0.25, 0.3) is 0 Å². The fourth-order valence-corrected chi connectivity index (χ4v) is 2.55. The average Bonchev–Trinajstić information content (AvgIpc) is 2.68. The minimum absolute atomic E-state index is 0.0172. The van der Waals surface area contributed by atoms with Crippen molar-refractivity contribution in [2.24, 2.45) is 0 Å². The largest absolute Gasteiger partial charge is 0.444 e. The summed E-state index contributed by atoms with van der Waals surface area (Å²) in [5.41, 5.74) is 2.90. The zero-order chi connectivity index (χ0) is 14.2. The Morgan fingerprint density at radius 1 is 1.53 bits per heavy atom. The van der Waals surface area contributed by atoms with Crippen molar-refractivity contribution >= 4 is 6.09 Å². The molecule has 0 aromatic carbocycles. The van der Waals surface area contributed by atoms with Crippen molar-refractivity contribution < 1.29 is 9.53 Å². The van der Waals surface area contributed by atoms with Crippen molar-refractivity contribution in [3.8, 4) is 0 Å². The van der Waals surface area contributed by atoms with Crippen molar-refractivity contribution in [1.29, 1.82) is 0 Å². The molecule has 0 spiro atoms. The molecule has 1 aliphatic rings. The molecule has 5 nitrogen and oxygen atoms in total. The summed E-state index contributed by atoms with van der Waals surface area (Å²) in [6, 6.07) is 0.0172. The van der Waals surface area contributed by atoms with Crippen LogP contribution >= 0.6 is 0 Å². The number of aromatic nitrogens is 2. The van der Waals surface area contributed by atoms with Crippen molar-refractivity contribution in [3.05, 3.63) is 17.0 Å². The van der Waals surface area contributed by atoms with E-state index in [1.807, 2.05) is 27.7 Å². The van der Waals surface area contributed by atoms with Crippen LogP contribution in [-0.4, -0.2) is 33.3 Å². The first-order chi connectivity index (χ1) is 8.83. The molecule has 0 bridgehead atoms. The van der Waals surface area contributed by atoms with Crippen molar-refractivity contribution in [1.82, 2.24) is 15.1 Å². The molecule has 0 saturated heterocycles. The molecule has 0 fully saturated rings. The number of carbonyl (C=O) groups is 1. The van der Waals surface area contributed by atoms with Crippen molar-refractivity contribution in [2.45, 2.75) is 59.1 Å². The Morgan fingerprint density at radius 3 is 2.79 bits per heavy atom. The molecule has 5 heteroatoms. The Hall–Kier alpha value is -1.52. The van der Waals surface area contributed by atoms with Gasteiger partial charge >= 0.3 is 6.09 Å². The van der Waals surface area contributed by atoms with E-state index >= 15 is 0 Å². The number of aromatic amines is 1. The van der Waals surface area contributed by atoms with Crippen LogP contribution < -0.4 is 0 Å². The van der Waals surface area contributed by atoms with E-state index in [0.717, 1.165) is 24.2 Å². The number of carbonyl (C=O) groups excluding carboxylic acids is 1. The van der Waals surface area contributed by atoms with E-state index in [0.29, 0.717) is 6.54 Å². The number of amides is 1. The number of rotatable bonds is 1. The average molecular weight is 265 g/mol. The molecule has 1 atom stereocenters. The topological polar surface area (TPSA) is 58.2 Å².